The van der Waals surface area contributed by atoms with Crippen LogP contribution >= 0.6 is 0 Å². The van der Waals surface area contributed by atoms with Gasteiger partial charge in [-0.15, -0.1) is 0 Å². The SMILES string of the molecule is O=C1NCCO1.[I-]. The molecule has 0 bridgehead atoms. The predicted octanol–water partition coefficient (Wildman–Crippen LogP) is -3.27. The van der Waals surface area contributed by atoms with Gasteiger partial charge in [0.1, 0.15) is 6.61 Å². The van der Waals surface area contributed by atoms with E-state index >= 15 is 0 Å². The van der Waals surface area contributed by atoms with E-state index in [1.165, 1.54) is 0 Å². The highest BCUT2D eigenvalue weighted by atomic mass is 127. The molecular weight excluding hydrogens is 209 g/mol. The molecule has 0 aromatic heterocycles. The highest BCUT2D eigenvalue weighted by molar-refractivity contribution is 5.68. The first-order valence-corrected chi connectivity index (χ1v) is 1.80. The normalized spacial score (nSPS) is 16.9. The number of nitrogens with one attached hydrogen (secondary N) is 1. The largest absolute Gasteiger partial charge is 1.00 e. The molecule has 1 amide bonds. The number of hydrogen-bond acceptors (Lipinski definition) is 2. The van der Waals surface area contributed by atoms with Gasteiger partial charge in [0.05, 0.1) is 6.54 Å². The summed E-state index contributed by atoms with van der Waals surface area (Å²) in [6, 6.07) is 0. The van der Waals surface area contributed by atoms with Crippen LogP contribution in [0.2, 0.25) is 0 Å². The maximum Gasteiger partial charge on any atom is 0.407 e. The molecule has 0 aromatic rings. The van der Waals surface area contributed by atoms with Crippen molar-refractivity contribution in [2.75, 3.05) is 13.2 Å². The van der Waals surface area contributed by atoms with Gasteiger partial charge in [-0.1, -0.05) is 0 Å². The Kier molecular flexibility index (Phi) is 3.06. The van der Waals surface area contributed by atoms with Gasteiger partial charge in [0.2, 0.25) is 0 Å². The summed E-state index contributed by atoms with van der Waals surface area (Å²) < 4.78 is 4.40. The third kappa shape index (κ3) is 1.96. The molecule has 0 unspecified atom stereocenters. The summed E-state index contributed by atoms with van der Waals surface area (Å²) in [5, 5.41) is 2.46. The molecule has 1 aliphatic rings. The first-order valence-electron chi connectivity index (χ1n) is 1.80. The molecule has 1 heterocycles. The Morgan fingerprint density at radius 3 is 2.57 bits per heavy atom. The highest BCUT2D eigenvalue weighted by Crippen LogP contribution is 1.82. The summed E-state index contributed by atoms with van der Waals surface area (Å²) in [7, 11) is 0. The summed E-state index contributed by atoms with van der Waals surface area (Å²) in [6.07, 6.45) is -0.296. The lowest BCUT2D eigenvalue weighted by Gasteiger charge is -1.80. The molecule has 1 aliphatic heterocycles. The van der Waals surface area contributed by atoms with Crippen LogP contribution in [0.25, 0.3) is 0 Å². The minimum Gasteiger partial charge on any atom is -1.00 e. The fourth-order valence-electron chi connectivity index (χ4n) is 0.348. The fourth-order valence-corrected chi connectivity index (χ4v) is 0.348. The molecule has 0 radical (unpaired) electrons. The minimum absolute atomic E-state index is 0. The second-order valence-corrected chi connectivity index (χ2v) is 1.06. The van der Waals surface area contributed by atoms with Crippen molar-refractivity contribution in [2.24, 2.45) is 0 Å². The predicted molar refractivity (Wildman–Crippen MR) is 19.4 cm³/mol. The highest BCUT2D eigenvalue weighted by Gasteiger charge is 2.06. The maximum atomic E-state index is 9.91. The van der Waals surface area contributed by atoms with E-state index in [0.717, 1.165) is 0 Å². The van der Waals surface area contributed by atoms with E-state index in [4.69, 9.17) is 0 Å². The number of carbonyl (C=O) groups is 1. The molecule has 0 atom stereocenters. The number of alkyl carbamates (subject to hydrolysis) is 1. The minimum atomic E-state index is -0.296. The number of ether oxygens (including phenoxy) is 1. The number of rotatable bonds is 0. The standard InChI is InChI=1S/C3H5NO2.HI/c5-3-4-1-2-6-3;/h1-2H2,(H,4,5);1H/p-1. The van der Waals surface area contributed by atoms with Crippen LogP contribution in [-0.2, 0) is 4.74 Å². The van der Waals surface area contributed by atoms with Gasteiger partial charge in [-0.25, -0.2) is 4.79 Å². The zero-order valence-corrected chi connectivity index (χ0v) is 5.77. The van der Waals surface area contributed by atoms with Crippen molar-refractivity contribution in [1.29, 1.82) is 0 Å². The zero-order valence-electron chi connectivity index (χ0n) is 3.61. The molecule has 0 saturated carbocycles. The van der Waals surface area contributed by atoms with Crippen molar-refractivity contribution in [3.63, 3.8) is 0 Å². The molecule has 7 heavy (non-hydrogen) atoms. The molecule has 0 spiro atoms. The lowest BCUT2D eigenvalue weighted by atomic mass is 10.7. The average Bonchev–Trinajstić information content (AvgIpc) is 1.86. The third-order valence-corrected chi connectivity index (χ3v) is 0.605. The number of halogens is 1. The van der Waals surface area contributed by atoms with E-state index in [1.807, 2.05) is 0 Å². The number of hydrogen-bond donors (Lipinski definition) is 1. The van der Waals surface area contributed by atoms with Gasteiger partial charge in [0.15, 0.2) is 0 Å². The van der Waals surface area contributed by atoms with Crippen LogP contribution < -0.4 is 29.3 Å². The Morgan fingerprint density at radius 1 is 1.71 bits per heavy atom. The Balaban J connectivity index is 0.000000360. The van der Waals surface area contributed by atoms with Crippen molar-refractivity contribution in [3.8, 4) is 0 Å². The van der Waals surface area contributed by atoms with Crippen molar-refractivity contribution in [3.05, 3.63) is 0 Å². The summed E-state index contributed by atoms with van der Waals surface area (Å²) in [5.41, 5.74) is 0. The summed E-state index contributed by atoms with van der Waals surface area (Å²) >= 11 is 0. The Labute approximate surface area is 58.4 Å². The quantitative estimate of drug-likeness (QED) is 0.429. The van der Waals surface area contributed by atoms with Crippen molar-refractivity contribution in [1.82, 2.24) is 5.32 Å². The van der Waals surface area contributed by atoms with Gasteiger partial charge in [-0.3, -0.25) is 0 Å². The molecule has 1 saturated heterocycles. The topological polar surface area (TPSA) is 38.3 Å². The monoisotopic (exact) mass is 214 g/mol. The van der Waals surface area contributed by atoms with E-state index in [0.29, 0.717) is 13.2 Å². The van der Waals surface area contributed by atoms with Crippen LogP contribution in [0.3, 0.4) is 0 Å². The van der Waals surface area contributed by atoms with Gasteiger partial charge >= 0.3 is 6.09 Å². The van der Waals surface area contributed by atoms with Crippen LogP contribution in [0.5, 0.6) is 0 Å². The Hall–Kier alpha value is 0. The van der Waals surface area contributed by atoms with Gasteiger partial charge in [-0.2, -0.15) is 0 Å². The molecule has 4 heteroatoms. The first kappa shape index (κ1) is 7.00. The molecule has 0 aliphatic carbocycles. The third-order valence-electron chi connectivity index (χ3n) is 0.605. The van der Waals surface area contributed by atoms with E-state index in [1.54, 1.807) is 0 Å². The molecule has 1 rings (SSSR count). The second kappa shape index (κ2) is 3.06. The van der Waals surface area contributed by atoms with Crippen LogP contribution in [0, 0.1) is 0 Å². The first-order chi connectivity index (χ1) is 2.89. The lowest BCUT2D eigenvalue weighted by molar-refractivity contribution is -0.00000658. The van der Waals surface area contributed by atoms with E-state index in [9.17, 15) is 4.79 Å². The molecule has 0 aromatic carbocycles. The Bertz CT molecular complexity index is 67.3. The molecule has 42 valence electrons. The van der Waals surface area contributed by atoms with Crippen LogP contribution in [0.1, 0.15) is 0 Å². The van der Waals surface area contributed by atoms with Gasteiger partial charge < -0.3 is 34.0 Å². The molecular formula is C3H5INO2-. The maximum absolute atomic E-state index is 9.91. The van der Waals surface area contributed by atoms with E-state index < -0.39 is 0 Å². The van der Waals surface area contributed by atoms with Gasteiger partial charge in [-0.05, 0) is 0 Å². The zero-order chi connectivity index (χ0) is 4.41. The second-order valence-electron chi connectivity index (χ2n) is 1.06. The summed E-state index contributed by atoms with van der Waals surface area (Å²) in [6.45, 7) is 1.19. The van der Waals surface area contributed by atoms with E-state index in [2.05, 4.69) is 10.1 Å². The molecule has 3 nitrogen and oxygen atoms in total. The smallest absolute Gasteiger partial charge is 0.407 e. The summed E-state index contributed by atoms with van der Waals surface area (Å²) in [4.78, 5) is 9.91. The fraction of sp³-hybridized carbons (Fsp3) is 0.667. The van der Waals surface area contributed by atoms with Crippen LogP contribution in [-0.4, -0.2) is 19.2 Å². The number of carbonyl (C=O) groups excluding carboxylic acids is 1. The number of cyclic esters (lactones) is 1. The molecule has 1 N–H and O–H groups in total. The van der Waals surface area contributed by atoms with Gasteiger partial charge in [0.25, 0.3) is 0 Å². The van der Waals surface area contributed by atoms with Gasteiger partial charge in [0, 0.05) is 0 Å². The number of amides is 1. The van der Waals surface area contributed by atoms with Crippen molar-refractivity contribution in [2.45, 2.75) is 0 Å². The Morgan fingerprint density at radius 2 is 2.43 bits per heavy atom. The van der Waals surface area contributed by atoms with Crippen molar-refractivity contribution >= 4 is 6.09 Å². The van der Waals surface area contributed by atoms with Crippen LogP contribution in [0.15, 0.2) is 0 Å². The summed E-state index contributed by atoms with van der Waals surface area (Å²) in [5.74, 6) is 0. The average molecular weight is 214 g/mol. The van der Waals surface area contributed by atoms with Crippen molar-refractivity contribution < 1.29 is 33.5 Å². The lowest BCUT2D eigenvalue weighted by Crippen LogP contribution is -3.00. The van der Waals surface area contributed by atoms with E-state index in [-0.39, 0.29) is 30.1 Å². The van der Waals surface area contributed by atoms with Crippen LogP contribution in [0.4, 0.5) is 4.79 Å². The molecule has 1 fully saturated rings.